The average Bonchev–Trinajstić information content (AvgIpc) is 3.15. The topological polar surface area (TPSA) is 92.8 Å². The molecule has 1 aliphatic rings. The predicted molar refractivity (Wildman–Crippen MR) is 146 cm³/mol. The Bertz CT molecular complexity index is 1390. The molecule has 38 heavy (non-hydrogen) atoms. The molecule has 1 heterocycles. The van der Waals surface area contributed by atoms with Gasteiger partial charge >= 0.3 is 5.97 Å². The molecule has 0 saturated heterocycles. The first-order valence-electron chi connectivity index (χ1n) is 12.6. The Morgan fingerprint density at radius 3 is 2.05 bits per heavy atom. The summed E-state index contributed by atoms with van der Waals surface area (Å²) in [6.45, 7) is 8.18. The molecule has 1 unspecified atom stereocenters. The molecule has 0 radical (unpaired) electrons. The number of carbonyl (C=O) groups excluding carboxylic acids is 4. The fourth-order valence-corrected chi connectivity index (χ4v) is 4.46. The monoisotopic (exact) mass is 512 g/mol. The normalized spacial score (nSPS) is 13.8. The first-order chi connectivity index (χ1) is 18.0. The molecule has 7 heteroatoms. The van der Waals surface area contributed by atoms with Crippen LogP contribution in [-0.2, 0) is 14.9 Å². The van der Waals surface area contributed by atoms with E-state index in [0.29, 0.717) is 28.8 Å². The van der Waals surface area contributed by atoms with Gasteiger partial charge in [0.2, 0.25) is 0 Å². The molecule has 3 amide bonds. The van der Waals surface area contributed by atoms with Crippen LogP contribution in [0.1, 0.15) is 70.8 Å². The summed E-state index contributed by atoms with van der Waals surface area (Å²) in [7, 11) is 1.29. The van der Waals surface area contributed by atoms with Crippen molar-refractivity contribution in [2.24, 2.45) is 5.92 Å². The van der Waals surface area contributed by atoms with E-state index in [1.165, 1.54) is 7.11 Å². The first-order valence-corrected chi connectivity index (χ1v) is 12.6. The Morgan fingerprint density at radius 1 is 0.868 bits per heavy atom. The standard InChI is InChI=1S/C31H32N2O5/c1-6-19(30(37)38-5)18-33-28(35)25-16-11-22(17-26(25)29(33)36)20-9-14-24(15-10-20)32-27(34)21-7-12-23(13-8-21)31(2,3)4/h7-17,19H,6,18H2,1-5H3,(H,32,34). The summed E-state index contributed by atoms with van der Waals surface area (Å²) in [6.07, 6.45) is 0.455. The quantitative estimate of drug-likeness (QED) is 0.324. The van der Waals surface area contributed by atoms with Gasteiger partial charge in [-0.05, 0) is 64.9 Å². The highest BCUT2D eigenvalue weighted by Gasteiger charge is 2.38. The van der Waals surface area contributed by atoms with Crippen LogP contribution in [0.25, 0.3) is 11.1 Å². The summed E-state index contributed by atoms with van der Waals surface area (Å²) in [5.41, 5.74) is 4.62. The van der Waals surface area contributed by atoms with Crippen LogP contribution in [0.3, 0.4) is 0 Å². The van der Waals surface area contributed by atoms with Gasteiger partial charge in [-0.25, -0.2) is 0 Å². The van der Waals surface area contributed by atoms with Crippen LogP contribution >= 0.6 is 0 Å². The second-order valence-corrected chi connectivity index (χ2v) is 10.5. The summed E-state index contributed by atoms with van der Waals surface area (Å²) in [6, 6.07) is 20.0. The SMILES string of the molecule is CCC(CN1C(=O)c2ccc(-c3ccc(NC(=O)c4ccc(C(C)(C)C)cc4)cc3)cc2C1=O)C(=O)OC. The Hall–Kier alpha value is -4.26. The molecule has 0 aromatic heterocycles. The van der Waals surface area contributed by atoms with Crippen molar-refractivity contribution in [2.45, 2.75) is 39.5 Å². The number of hydrogen-bond acceptors (Lipinski definition) is 5. The maximum atomic E-state index is 13.0. The largest absolute Gasteiger partial charge is 0.469 e. The van der Waals surface area contributed by atoms with Crippen LogP contribution < -0.4 is 5.32 Å². The first kappa shape index (κ1) is 26.8. The van der Waals surface area contributed by atoms with Crippen molar-refractivity contribution in [3.8, 4) is 11.1 Å². The van der Waals surface area contributed by atoms with E-state index in [9.17, 15) is 19.2 Å². The second-order valence-electron chi connectivity index (χ2n) is 10.5. The van der Waals surface area contributed by atoms with Crippen LogP contribution in [-0.4, -0.2) is 42.2 Å². The van der Waals surface area contributed by atoms with Gasteiger partial charge in [0.15, 0.2) is 0 Å². The number of rotatable bonds is 7. The molecule has 0 fully saturated rings. The van der Waals surface area contributed by atoms with E-state index in [-0.39, 0.29) is 17.9 Å². The number of amides is 3. The predicted octanol–water partition coefficient (Wildman–Crippen LogP) is 5.70. The van der Waals surface area contributed by atoms with Crippen molar-refractivity contribution in [3.63, 3.8) is 0 Å². The third-order valence-electron chi connectivity index (χ3n) is 6.89. The Balaban J connectivity index is 1.47. The molecule has 1 atom stereocenters. The number of ether oxygens (including phenoxy) is 1. The molecule has 0 saturated carbocycles. The number of methoxy groups -OCH3 is 1. The summed E-state index contributed by atoms with van der Waals surface area (Å²) < 4.78 is 4.80. The molecule has 0 bridgehead atoms. The van der Waals surface area contributed by atoms with Crippen molar-refractivity contribution in [2.75, 3.05) is 19.0 Å². The maximum absolute atomic E-state index is 13.0. The van der Waals surface area contributed by atoms with Crippen molar-refractivity contribution in [1.82, 2.24) is 4.90 Å². The van der Waals surface area contributed by atoms with Crippen molar-refractivity contribution in [3.05, 3.63) is 89.0 Å². The van der Waals surface area contributed by atoms with E-state index in [4.69, 9.17) is 4.74 Å². The van der Waals surface area contributed by atoms with E-state index < -0.39 is 23.7 Å². The summed E-state index contributed by atoms with van der Waals surface area (Å²) >= 11 is 0. The maximum Gasteiger partial charge on any atom is 0.310 e. The van der Waals surface area contributed by atoms with Gasteiger partial charge in [-0.15, -0.1) is 0 Å². The van der Waals surface area contributed by atoms with Crippen LogP contribution in [0.2, 0.25) is 0 Å². The smallest absolute Gasteiger partial charge is 0.310 e. The van der Waals surface area contributed by atoms with E-state index in [0.717, 1.165) is 21.6 Å². The minimum atomic E-state index is -0.569. The summed E-state index contributed by atoms with van der Waals surface area (Å²) in [4.78, 5) is 51.7. The number of nitrogens with zero attached hydrogens (tertiary/aromatic N) is 1. The number of nitrogens with one attached hydrogen (secondary N) is 1. The van der Waals surface area contributed by atoms with Crippen LogP contribution in [0.15, 0.2) is 66.7 Å². The Morgan fingerprint density at radius 2 is 1.47 bits per heavy atom. The minimum Gasteiger partial charge on any atom is -0.469 e. The number of hydrogen-bond donors (Lipinski definition) is 1. The Kier molecular flexibility index (Phi) is 7.49. The van der Waals surface area contributed by atoms with Crippen LogP contribution in [0.4, 0.5) is 5.69 Å². The molecule has 0 aliphatic carbocycles. The lowest BCUT2D eigenvalue weighted by Crippen LogP contribution is -2.37. The number of imide groups is 1. The van der Waals surface area contributed by atoms with Gasteiger partial charge in [-0.3, -0.25) is 24.1 Å². The number of esters is 1. The highest BCUT2D eigenvalue weighted by Crippen LogP contribution is 2.30. The summed E-state index contributed by atoms with van der Waals surface area (Å²) in [5, 5.41) is 2.91. The molecule has 1 N–H and O–H groups in total. The molecule has 3 aromatic rings. The van der Waals surface area contributed by atoms with Crippen molar-refractivity contribution < 1.29 is 23.9 Å². The lowest BCUT2D eigenvalue weighted by Gasteiger charge is -2.19. The third kappa shape index (κ3) is 5.37. The van der Waals surface area contributed by atoms with E-state index >= 15 is 0 Å². The van der Waals surface area contributed by atoms with E-state index in [1.54, 1.807) is 30.3 Å². The lowest BCUT2D eigenvalue weighted by molar-refractivity contribution is -0.145. The molecule has 1 aliphatic heterocycles. The zero-order valence-corrected chi connectivity index (χ0v) is 22.3. The van der Waals surface area contributed by atoms with Gasteiger partial charge in [0.25, 0.3) is 17.7 Å². The van der Waals surface area contributed by atoms with Gasteiger partial charge < -0.3 is 10.1 Å². The third-order valence-corrected chi connectivity index (χ3v) is 6.89. The highest BCUT2D eigenvalue weighted by molar-refractivity contribution is 6.22. The van der Waals surface area contributed by atoms with E-state index in [2.05, 4.69) is 26.1 Å². The fourth-order valence-electron chi connectivity index (χ4n) is 4.46. The second kappa shape index (κ2) is 10.6. The number of carbonyl (C=O) groups is 4. The fraction of sp³-hybridized carbons (Fsp3) is 0.290. The Labute approximate surface area is 222 Å². The minimum absolute atomic E-state index is 0.0135. The zero-order chi connectivity index (χ0) is 27.6. The molecule has 196 valence electrons. The number of fused-ring (bicyclic) bond motifs is 1. The lowest BCUT2D eigenvalue weighted by atomic mass is 9.87. The van der Waals surface area contributed by atoms with E-state index in [1.807, 2.05) is 43.3 Å². The van der Waals surface area contributed by atoms with Gasteiger partial charge in [0, 0.05) is 17.8 Å². The molecule has 0 spiro atoms. The average molecular weight is 513 g/mol. The molecular weight excluding hydrogens is 480 g/mol. The zero-order valence-electron chi connectivity index (χ0n) is 22.3. The molecule has 7 nitrogen and oxygen atoms in total. The number of benzene rings is 3. The molecular formula is C31H32N2O5. The van der Waals surface area contributed by atoms with Gasteiger partial charge in [-0.2, -0.15) is 0 Å². The van der Waals surface area contributed by atoms with Crippen molar-refractivity contribution >= 4 is 29.4 Å². The van der Waals surface area contributed by atoms with Crippen molar-refractivity contribution in [1.29, 1.82) is 0 Å². The van der Waals surface area contributed by atoms with Crippen LogP contribution in [0.5, 0.6) is 0 Å². The van der Waals surface area contributed by atoms with Gasteiger partial charge in [-0.1, -0.05) is 58.0 Å². The van der Waals surface area contributed by atoms with Gasteiger partial charge in [0.05, 0.1) is 24.2 Å². The van der Waals surface area contributed by atoms with Crippen LogP contribution in [0, 0.1) is 5.92 Å². The van der Waals surface area contributed by atoms with Gasteiger partial charge in [0.1, 0.15) is 0 Å². The molecule has 3 aromatic carbocycles. The summed E-state index contributed by atoms with van der Waals surface area (Å²) in [5.74, 6) is -2.04. The number of anilines is 1. The highest BCUT2D eigenvalue weighted by atomic mass is 16.5. The molecule has 4 rings (SSSR count).